The zero-order chi connectivity index (χ0) is 14.0. The molecule has 0 atom stereocenters. The lowest BCUT2D eigenvalue weighted by Gasteiger charge is -2.21. The lowest BCUT2D eigenvalue weighted by molar-refractivity contribution is 0.881. The molecular formula is C13H17BrN4S. The van der Waals surface area contributed by atoms with Crippen molar-refractivity contribution in [1.82, 2.24) is 9.97 Å². The van der Waals surface area contributed by atoms with Gasteiger partial charge in [-0.1, -0.05) is 0 Å². The maximum Gasteiger partial charge on any atom is 0.137 e. The van der Waals surface area contributed by atoms with E-state index in [1.165, 1.54) is 4.88 Å². The number of hydrogen-bond donors (Lipinski definition) is 1. The standard InChI is InChI=1S/C13H17BrN4S/c1-8-12(15-3)16-9(2)17-13(8)18(4)6-11-5-10(14)7-19-11/h5,7H,6H2,1-4H3,(H,15,16,17). The fourth-order valence-corrected chi connectivity index (χ4v) is 3.48. The normalized spacial score (nSPS) is 10.6. The number of rotatable bonds is 4. The van der Waals surface area contributed by atoms with Crippen molar-refractivity contribution in [2.24, 2.45) is 0 Å². The number of nitrogens with one attached hydrogen (secondary N) is 1. The molecule has 0 aliphatic carbocycles. The molecule has 6 heteroatoms. The molecule has 0 radical (unpaired) electrons. The minimum Gasteiger partial charge on any atom is -0.373 e. The zero-order valence-corrected chi connectivity index (χ0v) is 13.9. The van der Waals surface area contributed by atoms with Gasteiger partial charge < -0.3 is 10.2 Å². The van der Waals surface area contributed by atoms with Crippen molar-refractivity contribution in [2.75, 3.05) is 24.3 Å². The highest BCUT2D eigenvalue weighted by molar-refractivity contribution is 9.10. The summed E-state index contributed by atoms with van der Waals surface area (Å²) in [7, 11) is 3.94. The summed E-state index contributed by atoms with van der Waals surface area (Å²) in [4.78, 5) is 12.4. The summed E-state index contributed by atoms with van der Waals surface area (Å²) >= 11 is 5.23. The Hall–Kier alpha value is -1.14. The van der Waals surface area contributed by atoms with Crippen LogP contribution >= 0.6 is 27.3 Å². The minimum absolute atomic E-state index is 0.782. The zero-order valence-electron chi connectivity index (χ0n) is 11.5. The Labute approximate surface area is 126 Å². The van der Waals surface area contributed by atoms with Crippen molar-refractivity contribution in [3.63, 3.8) is 0 Å². The van der Waals surface area contributed by atoms with Gasteiger partial charge in [-0.2, -0.15) is 0 Å². The van der Waals surface area contributed by atoms with Crippen LogP contribution in [-0.2, 0) is 6.54 Å². The average Bonchev–Trinajstić information content (AvgIpc) is 2.77. The molecular weight excluding hydrogens is 324 g/mol. The molecule has 1 N–H and O–H groups in total. The van der Waals surface area contributed by atoms with Crippen LogP contribution in [0.2, 0.25) is 0 Å². The van der Waals surface area contributed by atoms with Gasteiger partial charge in [-0.05, 0) is 35.8 Å². The summed E-state index contributed by atoms with van der Waals surface area (Å²) in [6.45, 7) is 4.80. The molecule has 0 aliphatic rings. The van der Waals surface area contributed by atoms with E-state index in [1.54, 1.807) is 11.3 Å². The summed E-state index contributed by atoms with van der Waals surface area (Å²) in [5.74, 6) is 2.65. The number of thiophene rings is 1. The first kappa shape index (κ1) is 14.3. The summed E-state index contributed by atoms with van der Waals surface area (Å²) < 4.78 is 1.13. The number of nitrogens with zero attached hydrogens (tertiary/aromatic N) is 3. The van der Waals surface area contributed by atoms with Gasteiger partial charge in [-0.15, -0.1) is 11.3 Å². The van der Waals surface area contributed by atoms with Crippen LogP contribution in [0, 0.1) is 13.8 Å². The van der Waals surface area contributed by atoms with Crippen LogP contribution in [0.3, 0.4) is 0 Å². The molecule has 0 aromatic carbocycles. The molecule has 102 valence electrons. The SMILES string of the molecule is CNc1nc(C)nc(N(C)Cc2cc(Br)cs2)c1C. The Bertz CT molecular complexity index is 582. The van der Waals surface area contributed by atoms with Gasteiger partial charge in [0.1, 0.15) is 17.5 Å². The molecule has 0 aliphatic heterocycles. The molecule has 19 heavy (non-hydrogen) atoms. The van der Waals surface area contributed by atoms with Gasteiger partial charge in [-0.3, -0.25) is 0 Å². The largest absolute Gasteiger partial charge is 0.373 e. The summed E-state index contributed by atoms with van der Waals surface area (Å²) in [6.07, 6.45) is 0. The van der Waals surface area contributed by atoms with E-state index in [9.17, 15) is 0 Å². The number of aromatic nitrogens is 2. The third-order valence-corrected chi connectivity index (χ3v) is 4.53. The third-order valence-electron chi connectivity index (χ3n) is 2.85. The van der Waals surface area contributed by atoms with Crippen LogP contribution < -0.4 is 10.2 Å². The van der Waals surface area contributed by atoms with E-state index in [-0.39, 0.29) is 0 Å². The second-order valence-corrected chi connectivity index (χ2v) is 6.32. The average molecular weight is 341 g/mol. The van der Waals surface area contributed by atoms with Crippen molar-refractivity contribution >= 4 is 38.9 Å². The smallest absolute Gasteiger partial charge is 0.137 e. The number of halogens is 1. The van der Waals surface area contributed by atoms with E-state index in [0.717, 1.165) is 34.0 Å². The predicted octanol–water partition coefficient (Wildman–Crippen LogP) is 3.60. The topological polar surface area (TPSA) is 41.1 Å². The Morgan fingerprint density at radius 1 is 1.37 bits per heavy atom. The van der Waals surface area contributed by atoms with Crippen LogP contribution in [0.1, 0.15) is 16.3 Å². The minimum atomic E-state index is 0.782. The van der Waals surface area contributed by atoms with Crippen molar-refractivity contribution < 1.29 is 0 Å². The van der Waals surface area contributed by atoms with Gasteiger partial charge in [0.25, 0.3) is 0 Å². The summed E-state index contributed by atoms with van der Waals surface area (Å²) in [5, 5.41) is 5.21. The Kier molecular flexibility index (Phi) is 4.42. The van der Waals surface area contributed by atoms with E-state index in [2.05, 4.69) is 54.6 Å². The maximum atomic E-state index is 4.55. The van der Waals surface area contributed by atoms with E-state index >= 15 is 0 Å². The molecule has 0 amide bonds. The molecule has 2 aromatic heterocycles. The van der Waals surface area contributed by atoms with E-state index in [0.29, 0.717) is 0 Å². The molecule has 0 saturated carbocycles. The maximum absolute atomic E-state index is 4.55. The number of aryl methyl sites for hydroxylation is 1. The molecule has 0 fully saturated rings. The molecule has 0 saturated heterocycles. The van der Waals surface area contributed by atoms with Gasteiger partial charge in [0.15, 0.2) is 0 Å². The van der Waals surface area contributed by atoms with E-state index in [4.69, 9.17) is 0 Å². The van der Waals surface area contributed by atoms with E-state index < -0.39 is 0 Å². The Balaban J connectivity index is 2.28. The lowest BCUT2D eigenvalue weighted by Crippen LogP contribution is -2.19. The summed E-state index contributed by atoms with van der Waals surface area (Å²) in [5.41, 5.74) is 1.08. The molecule has 0 spiro atoms. The van der Waals surface area contributed by atoms with Crippen molar-refractivity contribution in [3.8, 4) is 0 Å². The first-order valence-electron chi connectivity index (χ1n) is 5.98. The van der Waals surface area contributed by atoms with E-state index in [1.807, 2.05) is 20.9 Å². The van der Waals surface area contributed by atoms with Gasteiger partial charge in [-0.25, -0.2) is 9.97 Å². The van der Waals surface area contributed by atoms with Gasteiger partial charge in [0.2, 0.25) is 0 Å². The van der Waals surface area contributed by atoms with Crippen LogP contribution in [0.4, 0.5) is 11.6 Å². The fraction of sp³-hybridized carbons (Fsp3) is 0.385. The highest BCUT2D eigenvalue weighted by atomic mass is 79.9. The Morgan fingerprint density at radius 2 is 2.11 bits per heavy atom. The summed E-state index contributed by atoms with van der Waals surface area (Å²) in [6, 6.07) is 2.14. The fourth-order valence-electron chi connectivity index (χ4n) is 1.97. The molecule has 2 rings (SSSR count). The highest BCUT2D eigenvalue weighted by Gasteiger charge is 2.13. The van der Waals surface area contributed by atoms with Crippen molar-refractivity contribution in [3.05, 3.63) is 32.2 Å². The highest BCUT2D eigenvalue weighted by Crippen LogP contribution is 2.26. The molecule has 4 nitrogen and oxygen atoms in total. The van der Waals surface area contributed by atoms with Crippen LogP contribution in [0.25, 0.3) is 0 Å². The third kappa shape index (κ3) is 3.25. The van der Waals surface area contributed by atoms with Gasteiger partial charge in [0.05, 0.1) is 6.54 Å². The van der Waals surface area contributed by atoms with Crippen LogP contribution in [0.15, 0.2) is 15.9 Å². The predicted molar refractivity (Wildman–Crippen MR) is 85.2 cm³/mol. The quantitative estimate of drug-likeness (QED) is 0.923. The van der Waals surface area contributed by atoms with Crippen LogP contribution in [-0.4, -0.2) is 24.1 Å². The molecule has 2 heterocycles. The van der Waals surface area contributed by atoms with Crippen molar-refractivity contribution in [1.29, 1.82) is 0 Å². The lowest BCUT2D eigenvalue weighted by atomic mass is 10.2. The number of hydrogen-bond acceptors (Lipinski definition) is 5. The molecule has 2 aromatic rings. The first-order valence-corrected chi connectivity index (χ1v) is 7.65. The Morgan fingerprint density at radius 3 is 2.68 bits per heavy atom. The van der Waals surface area contributed by atoms with Crippen molar-refractivity contribution in [2.45, 2.75) is 20.4 Å². The van der Waals surface area contributed by atoms with Gasteiger partial charge >= 0.3 is 0 Å². The first-order chi connectivity index (χ1) is 9.01. The van der Waals surface area contributed by atoms with Gasteiger partial charge in [0, 0.05) is 34.4 Å². The number of anilines is 2. The molecule has 0 bridgehead atoms. The second kappa shape index (κ2) is 5.88. The monoisotopic (exact) mass is 340 g/mol. The second-order valence-electron chi connectivity index (χ2n) is 4.41. The van der Waals surface area contributed by atoms with Crippen LogP contribution in [0.5, 0.6) is 0 Å². The molecule has 0 unspecified atom stereocenters.